The maximum Gasteiger partial charge on any atom is 0.181 e. The van der Waals surface area contributed by atoms with Gasteiger partial charge in [0.25, 0.3) is 0 Å². The second-order valence-corrected chi connectivity index (χ2v) is 8.10. The van der Waals surface area contributed by atoms with Gasteiger partial charge in [0, 0.05) is 17.7 Å². The van der Waals surface area contributed by atoms with Gasteiger partial charge in [0.1, 0.15) is 46.9 Å². The van der Waals surface area contributed by atoms with Gasteiger partial charge in [0.05, 0.1) is 25.7 Å². The number of phenols is 1. The van der Waals surface area contributed by atoms with Crippen LogP contribution >= 0.6 is 0 Å². The Hall–Kier alpha value is -3.35. The molecule has 0 aliphatic carbocycles. The summed E-state index contributed by atoms with van der Waals surface area (Å²) in [6.45, 7) is 4.03. The Morgan fingerprint density at radius 1 is 1.07 bits per heavy atom. The molecule has 156 valence electrons. The topological polar surface area (TPSA) is 83.5 Å². The Morgan fingerprint density at radius 2 is 1.80 bits per heavy atom. The molecule has 0 fully saturated rings. The van der Waals surface area contributed by atoms with E-state index < -0.39 is 17.6 Å². The zero-order chi connectivity index (χ0) is 21.2. The van der Waals surface area contributed by atoms with E-state index in [1.54, 1.807) is 31.4 Å². The molecule has 2 aromatic rings. The number of hydrogen-bond donors (Lipinski definition) is 1. The lowest BCUT2D eigenvalue weighted by Gasteiger charge is -2.38. The molecule has 3 aliphatic rings. The molecular formula is C23H22O7. The highest BCUT2D eigenvalue weighted by Gasteiger charge is 2.46. The lowest BCUT2D eigenvalue weighted by molar-refractivity contribution is 0.0549. The molecule has 0 aromatic heterocycles. The number of methoxy groups -OCH3 is 2. The van der Waals surface area contributed by atoms with Crippen LogP contribution in [0, 0.1) is 0 Å². The van der Waals surface area contributed by atoms with Crippen molar-refractivity contribution in [3.63, 3.8) is 0 Å². The molecule has 7 heteroatoms. The van der Waals surface area contributed by atoms with E-state index >= 15 is 0 Å². The number of benzene rings is 2. The number of fused-ring (bicyclic) bond motifs is 5. The summed E-state index contributed by atoms with van der Waals surface area (Å²) in [5.41, 5.74) is 0.760. The van der Waals surface area contributed by atoms with Crippen LogP contribution < -0.4 is 23.7 Å². The standard InChI is InChI=1S/C23H22O7/c1-23(2)6-5-11-14(30-23)9-17-20(21(11)24)22(25)19-12-7-15(26-3)16(27-4)8-13(12)28-10-18(19)29-17/h5-9,18-19,24H,10H2,1-4H3/t18?,19-/m0/s1. The van der Waals surface area contributed by atoms with Crippen molar-refractivity contribution in [2.24, 2.45) is 0 Å². The molecule has 0 spiro atoms. The first kappa shape index (κ1) is 18.7. The molecule has 2 aromatic carbocycles. The minimum atomic E-state index is -0.630. The summed E-state index contributed by atoms with van der Waals surface area (Å²) in [5.74, 6) is 1.34. The summed E-state index contributed by atoms with van der Waals surface area (Å²) in [4.78, 5) is 13.6. The van der Waals surface area contributed by atoms with E-state index in [1.165, 1.54) is 7.11 Å². The number of hydrogen-bond acceptors (Lipinski definition) is 7. The molecular weight excluding hydrogens is 388 g/mol. The van der Waals surface area contributed by atoms with Crippen LogP contribution in [0.4, 0.5) is 0 Å². The first-order chi connectivity index (χ1) is 14.3. The predicted octanol–water partition coefficient (Wildman–Crippen LogP) is 3.71. The van der Waals surface area contributed by atoms with Gasteiger partial charge in [0.15, 0.2) is 17.3 Å². The minimum absolute atomic E-state index is 0.133. The van der Waals surface area contributed by atoms with Gasteiger partial charge in [-0.25, -0.2) is 0 Å². The lowest BCUT2D eigenvalue weighted by atomic mass is 9.81. The van der Waals surface area contributed by atoms with Gasteiger partial charge in [-0.05, 0) is 32.1 Å². The number of ether oxygens (including phenoxy) is 5. The normalized spacial score (nSPS) is 22.3. The lowest BCUT2D eigenvalue weighted by Crippen LogP contribution is -2.43. The zero-order valence-electron chi connectivity index (χ0n) is 17.1. The van der Waals surface area contributed by atoms with E-state index in [2.05, 4.69) is 0 Å². The summed E-state index contributed by atoms with van der Waals surface area (Å²) in [6, 6.07) is 5.12. The van der Waals surface area contributed by atoms with Gasteiger partial charge in [0.2, 0.25) is 0 Å². The molecule has 0 bridgehead atoms. The van der Waals surface area contributed by atoms with Crippen molar-refractivity contribution >= 4 is 11.9 Å². The maximum absolute atomic E-state index is 13.6. The molecule has 0 saturated heterocycles. The van der Waals surface area contributed by atoms with Crippen molar-refractivity contribution in [2.75, 3.05) is 20.8 Å². The maximum atomic E-state index is 13.6. The summed E-state index contributed by atoms with van der Waals surface area (Å²) in [6.07, 6.45) is 3.10. The van der Waals surface area contributed by atoms with Crippen LogP contribution in [0.25, 0.3) is 6.08 Å². The molecule has 1 N–H and O–H groups in total. The number of phenolic OH excluding ortho intramolecular Hbond substituents is 1. The molecule has 3 aliphatic heterocycles. The Balaban J connectivity index is 1.64. The van der Waals surface area contributed by atoms with Gasteiger partial charge >= 0.3 is 0 Å². The molecule has 0 amide bonds. The fourth-order valence-electron chi connectivity index (χ4n) is 4.26. The number of carbonyl (C=O) groups excluding carboxylic acids is 1. The van der Waals surface area contributed by atoms with Gasteiger partial charge in [-0.2, -0.15) is 0 Å². The van der Waals surface area contributed by atoms with Crippen molar-refractivity contribution < 1.29 is 33.6 Å². The third kappa shape index (κ3) is 2.61. The first-order valence-corrected chi connectivity index (χ1v) is 9.71. The van der Waals surface area contributed by atoms with E-state index in [0.29, 0.717) is 39.9 Å². The predicted molar refractivity (Wildman–Crippen MR) is 108 cm³/mol. The second-order valence-electron chi connectivity index (χ2n) is 8.10. The smallest absolute Gasteiger partial charge is 0.181 e. The van der Waals surface area contributed by atoms with E-state index in [0.717, 1.165) is 0 Å². The Morgan fingerprint density at radius 3 is 2.53 bits per heavy atom. The quantitative estimate of drug-likeness (QED) is 0.808. The fraction of sp³-hybridized carbons (Fsp3) is 0.348. The first-order valence-electron chi connectivity index (χ1n) is 9.71. The molecule has 0 saturated carbocycles. The third-order valence-corrected chi connectivity index (χ3v) is 5.72. The number of aromatic hydroxyl groups is 1. The van der Waals surface area contributed by atoms with Crippen LogP contribution in [0.3, 0.4) is 0 Å². The van der Waals surface area contributed by atoms with Crippen molar-refractivity contribution in [2.45, 2.75) is 31.5 Å². The molecule has 0 radical (unpaired) electrons. The van der Waals surface area contributed by atoms with Crippen molar-refractivity contribution in [1.82, 2.24) is 0 Å². The molecule has 3 heterocycles. The van der Waals surface area contributed by atoms with Gasteiger partial charge in [-0.15, -0.1) is 0 Å². The average molecular weight is 410 g/mol. The Labute approximate surface area is 173 Å². The largest absolute Gasteiger partial charge is 0.506 e. The summed E-state index contributed by atoms with van der Waals surface area (Å²) >= 11 is 0. The molecule has 5 rings (SSSR count). The van der Waals surface area contributed by atoms with E-state index in [9.17, 15) is 9.90 Å². The number of ketones is 1. The highest BCUT2D eigenvalue weighted by atomic mass is 16.5. The Bertz CT molecular complexity index is 1100. The van der Waals surface area contributed by atoms with Gasteiger partial charge < -0.3 is 28.8 Å². The Kier molecular flexibility index (Phi) is 3.93. The van der Waals surface area contributed by atoms with Crippen LogP contribution in [0.5, 0.6) is 34.5 Å². The van der Waals surface area contributed by atoms with Crippen LogP contribution in [-0.4, -0.2) is 43.4 Å². The number of carbonyl (C=O) groups is 1. The van der Waals surface area contributed by atoms with Crippen LogP contribution in [0.1, 0.15) is 41.3 Å². The molecule has 1 unspecified atom stereocenters. The SMILES string of the molecule is COc1cc2c(cc1OC)[C@@H]1C(=O)c3c(cc4c(c3O)C=CC(C)(C)O4)OC1CO2. The van der Waals surface area contributed by atoms with Gasteiger partial charge in [-0.1, -0.05) is 0 Å². The summed E-state index contributed by atoms with van der Waals surface area (Å²) < 4.78 is 28.7. The summed E-state index contributed by atoms with van der Waals surface area (Å²) in [7, 11) is 3.07. The van der Waals surface area contributed by atoms with E-state index in [1.807, 2.05) is 19.9 Å². The molecule has 2 atom stereocenters. The zero-order valence-corrected chi connectivity index (χ0v) is 17.1. The molecule has 7 nitrogen and oxygen atoms in total. The van der Waals surface area contributed by atoms with Gasteiger partial charge in [-0.3, -0.25) is 4.79 Å². The summed E-state index contributed by atoms with van der Waals surface area (Å²) in [5, 5.41) is 10.9. The van der Waals surface area contributed by atoms with Crippen molar-refractivity contribution in [3.05, 3.63) is 41.0 Å². The average Bonchev–Trinajstić information content (AvgIpc) is 2.71. The third-order valence-electron chi connectivity index (χ3n) is 5.72. The highest BCUT2D eigenvalue weighted by molar-refractivity contribution is 6.08. The fourth-order valence-corrected chi connectivity index (χ4v) is 4.26. The number of Topliss-reactive ketones (excluding diaryl/α,β-unsaturated/α-hetero) is 1. The van der Waals surface area contributed by atoms with E-state index in [4.69, 9.17) is 23.7 Å². The second kappa shape index (κ2) is 6.32. The van der Waals surface area contributed by atoms with Crippen molar-refractivity contribution in [1.29, 1.82) is 0 Å². The van der Waals surface area contributed by atoms with Crippen LogP contribution in [0.15, 0.2) is 24.3 Å². The van der Waals surface area contributed by atoms with E-state index in [-0.39, 0.29) is 23.7 Å². The highest BCUT2D eigenvalue weighted by Crippen LogP contribution is 2.51. The monoisotopic (exact) mass is 410 g/mol. The minimum Gasteiger partial charge on any atom is -0.506 e. The number of rotatable bonds is 2. The van der Waals surface area contributed by atoms with Crippen LogP contribution in [0.2, 0.25) is 0 Å². The van der Waals surface area contributed by atoms with Crippen LogP contribution in [-0.2, 0) is 0 Å². The van der Waals surface area contributed by atoms with Crippen molar-refractivity contribution in [3.8, 4) is 34.5 Å². The molecule has 30 heavy (non-hydrogen) atoms.